The molecule has 0 saturated carbocycles. The van der Waals surface area contributed by atoms with Gasteiger partial charge in [-0.15, -0.1) is 0 Å². The van der Waals surface area contributed by atoms with Crippen molar-refractivity contribution >= 4 is 15.9 Å². The number of nitriles is 1. The van der Waals surface area contributed by atoms with Crippen LogP contribution in [-0.4, -0.2) is 4.98 Å². The van der Waals surface area contributed by atoms with Gasteiger partial charge in [-0.1, -0.05) is 15.9 Å². The van der Waals surface area contributed by atoms with Gasteiger partial charge in [0.2, 0.25) is 0 Å². The Balaban J connectivity index is 3.29. The SMILES string of the molecule is N#Cc1cncc(C(F)F)c1CBr. The van der Waals surface area contributed by atoms with Crippen molar-refractivity contribution in [1.29, 1.82) is 5.26 Å². The van der Waals surface area contributed by atoms with Crippen molar-refractivity contribution in [3.63, 3.8) is 0 Å². The van der Waals surface area contributed by atoms with Crippen LogP contribution in [0.15, 0.2) is 12.4 Å². The van der Waals surface area contributed by atoms with Crippen LogP contribution in [-0.2, 0) is 5.33 Å². The summed E-state index contributed by atoms with van der Waals surface area (Å²) in [5.74, 6) is 0. The lowest BCUT2D eigenvalue weighted by Gasteiger charge is -2.06. The van der Waals surface area contributed by atoms with E-state index in [1.165, 1.54) is 6.20 Å². The van der Waals surface area contributed by atoms with Gasteiger partial charge in [-0.25, -0.2) is 8.78 Å². The predicted octanol–water partition coefficient (Wildman–Crippen LogP) is 2.79. The highest BCUT2D eigenvalue weighted by Gasteiger charge is 2.15. The topological polar surface area (TPSA) is 36.7 Å². The summed E-state index contributed by atoms with van der Waals surface area (Å²) in [6.07, 6.45) is -0.224. The summed E-state index contributed by atoms with van der Waals surface area (Å²) in [6.45, 7) is 0. The average Bonchev–Trinajstić information content (AvgIpc) is 2.16. The Hall–Kier alpha value is -1.02. The summed E-state index contributed by atoms with van der Waals surface area (Å²) in [7, 11) is 0. The zero-order valence-corrected chi connectivity index (χ0v) is 8.05. The molecule has 1 rings (SSSR count). The van der Waals surface area contributed by atoms with Gasteiger partial charge in [-0.2, -0.15) is 5.26 Å². The molecule has 0 amide bonds. The fourth-order valence-electron chi connectivity index (χ4n) is 0.937. The number of aromatic nitrogens is 1. The highest BCUT2D eigenvalue weighted by Crippen LogP contribution is 2.25. The van der Waals surface area contributed by atoms with E-state index >= 15 is 0 Å². The minimum atomic E-state index is -2.59. The molecule has 68 valence electrons. The minimum Gasteiger partial charge on any atom is -0.263 e. The molecule has 0 radical (unpaired) electrons. The van der Waals surface area contributed by atoms with Crippen LogP contribution in [0.25, 0.3) is 0 Å². The molecule has 0 bridgehead atoms. The van der Waals surface area contributed by atoms with Crippen LogP contribution in [0.3, 0.4) is 0 Å². The van der Waals surface area contributed by atoms with Crippen molar-refractivity contribution in [2.45, 2.75) is 11.8 Å². The predicted molar refractivity (Wildman–Crippen MR) is 46.5 cm³/mol. The fraction of sp³-hybridized carbons (Fsp3) is 0.250. The lowest BCUT2D eigenvalue weighted by atomic mass is 10.1. The largest absolute Gasteiger partial charge is 0.265 e. The van der Waals surface area contributed by atoms with E-state index in [0.29, 0.717) is 5.56 Å². The normalized spacial score (nSPS) is 10.1. The maximum Gasteiger partial charge on any atom is 0.265 e. The van der Waals surface area contributed by atoms with Gasteiger partial charge < -0.3 is 0 Å². The number of halogens is 3. The molecule has 0 fully saturated rings. The van der Waals surface area contributed by atoms with Crippen molar-refractivity contribution in [3.05, 3.63) is 29.1 Å². The van der Waals surface area contributed by atoms with Crippen molar-refractivity contribution in [3.8, 4) is 6.07 Å². The molecule has 1 aromatic rings. The summed E-state index contributed by atoms with van der Waals surface area (Å²) in [4.78, 5) is 3.56. The standard InChI is InChI=1S/C8H5BrF2N2/c9-1-6-5(2-12)3-13-4-7(6)8(10)11/h3-4,8H,1H2. The Morgan fingerprint density at radius 1 is 1.54 bits per heavy atom. The zero-order valence-electron chi connectivity index (χ0n) is 6.47. The number of nitrogens with zero attached hydrogens (tertiary/aromatic N) is 2. The van der Waals surface area contributed by atoms with E-state index in [1.807, 2.05) is 6.07 Å². The Bertz CT molecular complexity index is 346. The first-order valence-electron chi connectivity index (χ1n) is 3.41. The van der Waals surface area contributed by atoms with Gasteiger partial charge in [-0.05, 0) is 5.56 Å². The van der Waals surface area contributed by atoms with Gasteiger partial charge in [0.1, 0.15) is 6.07 Å². The smallest absolute Gasteiger partial charge is 0.263 e. The molecule has 0 aliphatic carbocycles. The number of rotatable bonds is 2. The van der Waals surface area contributed by atoms with Crippen LogP contribution in [0.2, 0.25) is 0 Å². The summed E-state index contributed by atoms with van der Waals surface area (Å²) in [5.41, 5.74) is 0.318. The third kappa shape index (κ3) is 2.01. The third-order valence-electron chi connectivity index (χ3n) is 1.58. The van der Waals surface area contributed by atoms with Gasteiger partial charge in [0.25, 0.3) is 6.43 Å². The molecule has 0 aliphatic heterocycles. The molecule has 1 aromatic heterocycles. The lowest BCUT2D eigenvalue weighted by Crippen LogP contribution is -1.97. The van der Waals surface area contributed by atoms with E-state index in [4.69, 9.17) is 5.26 Å². The monoisotopic (exact) mass is 246 g/mol. The summed E-state index contributed by atoms with van der Waals surface area (Å²) >= 11 is 3.06. The Kier molecular flexibility index (Phi) is 3.32. The van der Waals surface area contributed by atoms with Crippen molar-refractivity contribution in [2.24, 2.45) is 0 Å². The number of hydrogen-bond donors (Lipinski definition) is 0. The van der Waals surface area contributed by atoms with Gasteiger partial charge >= 0.3 is 0 Å². The van der Waals surface area contributed by atoms with Crippen molar-refractivity contribution in [2.75, 3.05) is 0 Å². The molecule has 0 aliphatic rings. The van der Waals surface area contributed by atoms with Crippen LogP contribution >= 0.6 is 15.9 Å². The Labute approximate surface area is 82.3 Å². The number of hydrogen-bond acceptors (Lipinski definition) is 2. The first-order chi connectivity index (χ1) is 6.20. The average molecular weight is 247 g/mol. The Morgan fingerprint density at radius 2 is 2.23 bits per heavy atom. The molecular weight excluding hydrogens is 242 g/mol. The van der Waals surface area contributed by atoms with Crippen LogP contribution in [0.5, 0.6) is 0 Å². The van der Waals surface area contributed by atoms with Crippen LogP contribution in [0.1, 0.15) is 23.1 Å². The van der Waals surface area contributed by atoms with Crippen molar-refractivity contribution in [1.82, 2.24) is 4.98 Å². The van der Waals surface area contributed by atoms with Crippen LogP contribution in [0, 0.1) is 11.3 Å². The van der Waals surface area contributed by atoms with E-state index in [9.17, 15) is 8.78 Å². The van der Waals surface area contributed by atoms with E-state index in [-0.39, 0.29) is 16.5 Å². The maximum atomic E-state index is 12.4. The first kappa shape index (κ1) is 10.1. The second-order valence-electron chi connectivity index (χ2n) is 2.30. The molecule has 0 atom stereocenters. The zero-order chi connectivity index (χ0) is 9.84. The summed E-state index contributed by atoms with van der Waals surface area (Å²) in [5, 5.41) is 8.83. The quantitative estimate of drug-likeness (QED) is 0.753. The maximum absolute atomic E-state index is 12.4. The second-order valence-corrected chi connectivity index (χ2v) is 2.86. The molecule has 5 heteroatoms. The molecule has 2 nitrogen and oxygen atoms in total. The van der Waals surface area contributed by atoms with E-state index in [0.717, 1.165) is 6.20 Å². The summed E-state index contributed by atoms with van der Waals surface area (Å²) < 4.78 is 24.7. The van der Waals surface area contributed by atoms with Gasteiger partial charge in [0, 0.05) is 23.3 Å². The molecule has 0 spiro atoms. The van der Waals surface area contributed by atoms with Gasteiger partial charge in [-0.3, -0.25) is 4.98 Å². The first-order valence-corrected chi connectivity index (χ1v) is 4.53. The van der Waals surface area contributed by atoms with Gasteiger partial charge in [0.15, 0.2) is 0 Å². The van der Waals surface area contributed by atoms with E-state index in [2.05, 4.69) is 20.9 Å². The third-order valence-corrected chi connectivity index (χ3v) is 2.14. The van der Waals surface area contributed by atoms with Gasteiger partial charge in [0.05, 0.1) is 5.56 Å². The molecule has 0 saturated heterocycles. The highest BCUT2D eigenvalue weighted by molar-refractivity contribution is 9.08. The Morgan fingerprint density at radius 3 is 2.69 bits per heavy atom. The molecule has 0 aromatic carbocycles. The number of pyridine rings is 1. The lowest BCUT2D eigenvalue weighted by molar-refractivity contribution is 0.150. The molecule has 13 heavy (non-hydrogen) atoms. The highest BCUT2D eigenvalue weighted by atomic mass is 79.9. The second kappa shape index (κ2) is 4.28. The fourth-order valence-corrected chi connectivity index (χ4v) is 1.56. The molecule has 0 N–H and O–H groups in total. The van der Waals surface area contributed by atoms with Crippen LogP contribution in [0.4, 0.5) is 8.78 Å². The van der Waals surface area contributed by atoms with Crippen molar-refractivity contribution < 1.29 is 8.78 Å². The molecule has 0 unspecified atom stereocenters. The minimum absolute atomic E-state index is 0.184. The number of alkyl halides is 3. The molecular formula is C8H5BrF2N2. The van der Waals surface area contributed by atoms with Crippen LogP contribution < -0.4 is 0 Å². The van der Waals surface area contributed by atoms with E-state index < -0.39 is 6.43 Å². The van der Waals surface area contributed by atoms with E-state index in [1.54, 1.807) is 0 Å². The molecule has 1 heterocycles. The summed E-state index contributed by atoms with van der Waals surface area (Å²) in [6, 6.07) is 1.82.